The first-order valence-corrected chi connectivity index (χ1v) is 12.8. The number of benzene rings is 4. The van der Waals surface area contributed by atoms with Gasteiger partial charge in [-0.3, -0.25) is 4.79 Å². The van der Waals surface area contributed by atoms with Crippen molar-refractivity contribution in [1.82, 2.24) is 0 Å². The Morgan fingerprint density at radius 1 is 0.838 bits per heavy atom. The Bertz CT molecular complexity index is 1580. The highest BCUT2D eigenvalue weighted by Gasteiger charge is 2.47. The van der Waals surface area contributed by atoms with Gasteiger partial charge in [0.25, 0.3) is 0 Å². The highest BCUT2D eigenvalue weighted by atomic mass is 35.5. The SMILES string of the molecule is CC(C)(C)OC(=O)C1=CC[C@@](C(=O)Oc2cc3ccccc3c3ccccc23)(c2ccc(Cl)c(Cl)c2)C1. The fraction of sp³-hybridized carbons (Fsp3) is 0.226. The lowest BCUT2D eigenvalue weighted by atomic mass is 9.77. The predicted octanol–water partition coefficient (Wildman–Crippen LogP) is 8.21. The third-order valence-electron chi connectivity index (χ3n) is 6.65. The normalized spacial score (nSPS) is 17.6. The third kappa shape index (κ3) is 4.84. The smallest absolute Gasteiger partial charge is 0.334 e. The van der Waals surface area contributed by atoms with E-state index in [-0.39, 0.29) is 12.8 Å². The number of ether oxygens (including phenoxy) is 2. The van der Waals surface area contributed by atoms with E-state index >= 15 is 0 Å². The van der Waals surface area contributed by atoms with Crippen molar-refractivity contribution in [3.8, 4) is 5.75 Å². The summed E-state index contributed by atoms with van der Waals surface area (Å²) >= 11 is 12.5. The van der Waals surface area contributed by atoms with Crippen LogP contribution in [0.3, 0.4) is 0 Å². The molecule has 0 N–H and O–H groups in total. The molecule has 1 atom stereocenters. The summed E-state index contributed by atoms with van der Waals surface area (Å²) in [4.78, 5) is 27.0. The molecule has 4 aromatic carbocycles. The van der Waals surface area contributed by atoms with Crippen LogP contribution in [0.4, 0.5) is 0 Å². The standard InChI is InChI=1S/C31H26Cl2O4/c1-30(2,3)37-28(34)20-14-15-31(18-20,21-12-13-25(32)26(33)17-21)29(35)36-27-16-19-8-4-5-9-22(19)23-10-6-7-11-24(23)27/h4-14,16-17H,15,18H2,1-3H3/t31-/m0/s1. The molecule has 4 nitrogen and oxygen atoms in total. The van der Waals surface area contributed by atoms with E-state index in [1.54, 1.807) is 24.3 Å². The average molecular weight is 533 g/mol. The van der Waals surface area contributed by atoms with E-state index in [2.05, 4.69) is 6.07 Å². The van der Waals surface area contributed by atoms with Gasteiger partial charge in [0.2, 0.25) is 0 Å². The molecule has 1 aliphatic carbocycles. The summed E-state index contributed by atoms with van der Waals surface area (Å²) in [5.74, 6) is -0.455. The molecule has 0 radical (unpaired) electrons. The van der Waals surface area contributed by atoms with E-state index in [0.29, 0.717) is 26.9 Å². The Morgan fingerprint density at radius 2 is 1.51 bits per heavy atom. The maximum atomic E-state index is 14.1. The number of hydrogen-bond donors (Lipinski definition) is 0. The Morgan fingerprint density at radius 3 is 2.22 bits per heavy atom. The minimum absolute atomic E-state index is 0.129. The van der Waals surface area contributed by atoms with Crippen LogP contribution in [-0.2, 0) is 19.7 Å². The zero-order valence-electron chi connectivity index (χ0n) is 20.8. The van der Waals surface area contributed by atoms with Gasteiger partial charge < -0.3 is 9.47 Å². The molecule has 0 spiro atoms. The summed E-state index contributed by atoms with van der Waals surface area (Å²) in [6.07, 6.45) is 2.16. The predicted molar refractivity (Wildman–Crippen MR) is 148 cm³/mol. The van der Waals surface area contributed by atoms with Gasteiger partial charge in [-0.1, -0.05) is 83.9 Å². The van der Waals surface area contributed by atoms with Gasteiger partial charge in [-0.05, 0) is 73.5 Å². The van der Waals surface area contributed by atoms with Gasteiger partial charge in [-0.2, -0.15) is 0 Å². The van der Waals surface area contributed by atoms with Gasteiger partial charge in [0.15, 0.2) is 0 Å². The maximum Gasteiger partial charge on any atom is 0.334 e. The fourth-order valence-electron chi connectivity index (χ4n) is 4.86. The van der Waals surface area contributed by atoms with Crippen molar-refractivity contribution in [3.05, 3.63) is 100 Å². The van der Waals surface area contributed by atoms with E-state index < -0.39 is 23.0 Å². The van der Waals surface area contributed by atoms with E-state index in [1.807, 2.05) is 69.3 Å². The van der Waals surface area contributed by atoms with E-state index in [0.717, 1.165) is 21.5 Å². The first-order chi connectivity index (χ1) is 17.6. The van der Waals surface area contributed by atoms with Gasteiger partial charge in [-0.15, -0.1) is 0 Å². The van der Waals surface area contributed by atoms with Crippen LogP contribution in [0, 0.1) is 0 Å². The first kappa shape index (κ1) is 25.3. The van der Waals surface area contributed by atoms with Crippen LogP contribution < -0.4 is 4.74 Å². The molecule has 0 amide bonds. The largest absolute Gasteiger partial charge is 0.457 e. The van der Waals surface area contributed by atoms with Crippen LogP contribution in [0.5, 0.6) is 5.75 Å². The zero-order chi connectivity index (χ0) is 26.4. The summed E-state index contributed by atoms with van der Waals surface area (Å²) in [6, 6.07) is 22.8. The zero-order valence-corrected chi connectivity index (χ0v) is 22.3. The Hall–Kier alpha value is -3.34. The van der Waals surface area contributed by atoms with Gasteiger partial charge in [0.1, 0.15) is 16.8 Å². The molecule has 37 heavy (non-hydrogen) atoms. The van der Waals surface area contributed by atoms with Gasteiger partial charge in [-0.25, -0.2) is 4.79 Å². The van der Waals surface area contributed by atoms with Crippen LogP contribution in [0.1, 0.15) is 39.2 Å². The first-order valence-electron chi connectivity index (χ1n) is 12.1. The number of hydrogen-bond acceptors (Lipinski definition) is 4. The number of fused-ring (bicyclic) bond motifs is 3. The topological polar surface area (TPSA) is 52.6 Å². The number of rotatable bonds is 4. The van der Waals surface area contributed by atoms with Gasteiger partial charge >= 0.3 is 11.9 Å². The lowest BCUT2D eigenvalue weighted by Gasteiger charge is -2.29. The second-order valence-corrected chi connectivity index (χ2v) is 11.2. The Kier molecular flexibility index (Phi) is 6.51. The minimum Gasteiger partial charge on any atom is -0.457 e. The van der Waals surface area contributed by atoms with E-state index in [1.165, 1.54) is 0 Å². The van der Waals surface area contributed by atoms with Crippen LogP contribution in [-0.4, -0.2) is 17.5 Å². The highest BCUT2D eigenvalue weighted by Crippen LogP contribution is 2.45. The molecule has 188 valence electrons. The van der Waals surface area contributed by atoms with Gasteiger partial charge in [0.05, 0.1) is 10.0 Å². The number of halogens is 2. The summed E-state index contributed by atoms with van der Waals surface area (Å²) in [5, 5.41) is 4.57. The molecule has 0 saturated carbocycles. The summed E-state index contributed by atoms with van der Waals surface area (Å²) in [6.45, 7) is 5.43. The van der Waals surface area contributed by atoms with Crippen molar-refractivity contribution < 1.29 is 19.1 Å². The molecule has 5 rings (SSSR count). The second-order valence-electron chi connectivity index (χ2n) is 10.4. The van der Waals surface area contributed by atoms with E-state index in [4.69, 9.17) is 32.7 Å². The molecular formula is C31H26Cl2O4. The third-order valence-corrected chi connectivity index (χ3v) is 7.38. The molecule has 1 aliphatic rings. The maximum absolute atomic E-state index is 14.1. The van der Waals surface area contributed by atoms with Crippen molar-refractivity contribution in [2.45, 2.75) is 44.6 Å². The lowest BCUT2D eigenvalue weighted by Crippen LogP contribution is -2.38. The summed E-state index contributed by atoms with van der Waals surface area (Å²) in [7, 11) is 0. The molecule has 6 heteroatoms. The average Bonchev–Trinajstić information content (AvgIpc) is 3.32. The van der Waals surface area contributed by atoms with Crippen molar-refractivity contribution in [1.29, 1.82) is 0 Å². The Labute approximate surface area is 225 Å². The summed E-state index contributed by atoms with van der Waals surface area (Å²) < 4.78 is 11.8. The van der Waals surface area contributed by atoms with Crippen molar-refractivity contribution in [2.75, 3.05) is 0 Å². The highest BCUT2D eigenvalue weighted by molar-refractivity contribution is 6.42. The number of allylic oxidation sites excluding steroid dienone is 1. The molecule has 0 saturated heterocycles. The Balaban J connectivity index is 1.57. The number of esters is 2. The van der Waals surface area contributed by atoms with Crippen molar-refractivity contribution >= 4 is 56.7 Å². The van der Waals surface area contributed by atoms with Gasteiger partial charge in [0, 0.05) is 11.0 Å². The monoisotopic (exact) mass is 532 g/mol. The van der Waals surface area contributed by atoms with Crippen LogP contribution in [0.25, 0.3) is 21.5 Å². The van der Waals surface area contributed by atoms with Crippen molar-refractivity contribution in [2.24, 2.45) is 0 Å². The molecule has 0 fully saturated rings. The van der Waals surface area contributed by atoms with Crippen LogP contribution in [0.15, 0.2) is 84.4 Å². The minimum atomic E-state index is -1.16. The fourth-order valence-corrected chi connectivity index (χ4v) is 5.15. The number of carbonyl (C=O) groups is 2. The summed E-state index contributed by atoms with van der Waals surface area (Å²) in [5.41, 5.74) is -0.752. The van der Waals surface area contributed by atoms with E-state index in [9.17, 15) is 9.59 Å². The molecule has 0 heterocycles. The quantitative estimate of drug-likeness (QED) is 0.151. The lowest BCUT2D eigenvalue weighted by molar-refractivity contribution is -0.150. The van der Waals surface area contributed by atoms with Crippen molar-refractivity contribution in [3.63, 3.8) is 0 Å². The molecule has 0 bridgehead atoms. The molecule has 0 aromatic heterocycles. The molecule has 4 aromatic rings. The molecule has 0 unspecified atom stereocenters. The molecule has 0 aliphatic heterocycles. The molecular weight excluding hydrogens is 507 g/mol. The van der Waals surface area contributed by atoms with Crippen LogP contribution >= 0.6 is 23.2 Å². The second kappa shape index (κ2) is 9.51. The number of carbonyl (C=O) groups excluding carboxylic acids is 2. The van der Waals surface area contributed by atoms with Crippen LogP contribution in [0.2, 0.25) is 10.0 Å².